The molecule has 0 saturated heterocycles. The summed E-state index contributed by atoms with van der Waals surface area (Å²) in [4.78, 5) is 11.9. The highest BCUT2D eigenvalue weighted by Gasteiger charge is 2.22. The number of ketones is 1. The molecule has 0 spiro atoms. The first-order valence-corrected chi connectivity index (χ1v) is 9.72. The highest BCUT2D eigenvalue weighted by atomic mass is 28.3. The molecule has 0 atom stereocenters. The van der Waals surface area contributed by atoms with Gasteiger partial charge in [-0.15, -0.1) is 0 Å². The Hall–Kier alpha value is -0.113. The molecule has 0 amide bonds. The molecule has 1 aliphatic carbocycles. The van der Waals surface area contributed by atoms with Gasteiger partial charge in [0, 0.05) is 20.4 Å². The van der Waals surface area contributed by atoms with Gasteiger partial charge in [-0.2, -0.15) is 0 Å². The summed E-state index contributed by atoms with van der Waals surface area (Å²) in [7, 11) is -1.00. The molecule has 1 saturated carbocycles. The van der Waals surface area contributed by atoms with Crippen LogP contribution in [0.1, 0.15) is 38.5 Å². The number of rotatable bonds is 4. The monoisotopic (exact) mass is 212 g/mol. The fraction of sp³-hybridized carbons (Fsp3) is 0.917. The minimum Gasteiger partial charge on any atom is -0.299 e. The Morgan fingerprint density at radius 2 is 1.71 bits per heavy atom. The van der Waals surface area contributed by atoms with Gasteiger partial charge in [0.15, 0.2) is 0 Å². The highest BCUT2D eigenvalue weighted by Crippen LogP contribution is 2.26. The number of carbonyl (C=O) groups is 1. The van der Waals surface area contributed by atoms with Crippen LogP contribution in [0.4, 0.5) is 0 Å². The van der Waals surface area contributed by atoms with Crippen LogP contribution in [-0.4, -0.2) is 13.9 Å². The summed E-state index contributed by atoms with van der Waals surface area (Å²) in [6, 6.07) is 1.18. The fourth-order valence-corrected chi connectivity index (χ4v) is 3.12. The van der Waals surface area contributed by atoms with Gasteiger partial charge < -0.3 is 0 Å². The quantitative estimate of drug-likeness (QED) is 0.647. The molecule has 1 fully saturated rings. The molecule has 0 radical (unpaired) electrons. The lowest BCUT2D eigenvalue weighted by Gasteiger charge is -2.22. The van der Waals surface area contributed by atoms with Crippen molar-refractivity contribution < 1.29 is 4.79 Å². The van der Waals surface area contributed by atoms with Gasteiger partial charge in [0.1, 0.15) is 5.78 Å². The summed E-state index contributed by atoms with van der Waals surface area (Å²) in [5.74, 6) is 0.993. The Bertz CT molecular complexity index is 187. The van der Waals surface area contributed by atoms with Gasteiger partial charge in [-0.05, 0) is 12.8 Å². The fourth-order valence-electron chi connectivity index (χ4n) is 2.13. The van der Waals surface area contributed by atoms with E-state index in [1.54, 1.807) is 0 Å². The van der Waals surface area contributed by atoms with E-state index in [1.165, 1.54) is 38.1 Å². The Labute approximate surface area is 89.3 Å². The lowest BCUT2D eigenvalue weighted by Crippen LogP contribution is -2.24. The van der Waals surface area contributed by atoms with Gasteiger partial charge in [-0.3, -0.25) is 4.79 Å². The minimum atomic E-state index is -1.00. The standard InChI is InChI=1S/C12H24OSi/c1-14(2,3)10-9-12(13)11-7-5-4-6-8-11/h11H,4-10H2,1-3H3. The van der Waals surface area contributed by atoms with E-state index in [0.717, 1.165) is 6.42 Å². The maximum atomic E-state index is 11.9. The average molecular weight is 212 g/mol. The molecule has 14 heavy (non-hydrogen) atoms. The zero-order valence-corrected chi connectivity index (χ0v) is 10.9. The molecule has 0 heterocycles. The van der Waals surface area contributed by atoms with Gasteiger partial charge in [-0.25, -0.2) is 0 Å². The van der Waals surface area contributed by atoms with Crippen LogP contribution >= 0.6 is 0 Å². The molecule has 0 aromatic heterocycles. The normalized spacial score (nSPS) is 19.6. The zero-order chi connectivity index (χ0) is 10.6. The van der Waals surface area contributed by atoms with Crippen molar-refractivity contribution in [3.8, 4) is 0 Å². The second kappa shape index (κ2) is 5.10. The molecule has 0 aliphatic heterocycles. The lowest BCUT2D eigenvalue weighted by molar-refractivity contribution is -0.123. The zero-order valence-electron chi connectivity index (χ0n) is 9.94. The van der Waals surface area contributed by atoms with Crippen molar-refractivity contribution in [1.29, 1.82) is 0 Å². The van der Waals surface area contributed by atoms with Crippen molar-refractivity contribution in [2.75, 3.05) is 0 Å². The molecule has 82 valence electrons. The minimum absolute atomic E-state index is 0.431. The van der Waals surface area contributed by atoms with Crippen molar-refractivity contribution in [2.24, 2.45) is 5.92 Å². The Morgan fingerprint density at radius 1 is 1.14 bits per heavy atom. The predicted molar refractivity (Wildman–Crippen MR) is 64.4 cm³/mol. The number of hydrogen-bond acceptors (Lipinski definition) is 1. The third-order valence-corrected chi connectivity index (χ3v) is 4.93. The van der Waals surface area contributed by atoms with E-state index in [9.17, 15) is 4.79 Å². The Morgan fingerprint density at radius 3 is 2.21 bits per heavy atom. The maximum Gasteiger partial charge on any atom is 0.135 e. The SMILES string of the molecule is C[Si](C)(C)CCC(=O)C1CCCCC1. The highest BCUT2D eigenvalue weighted by molar-refractivity contribution is 6.76. The first kappa shape index (κ1) is 12.0. The molecule has 1 aliphatic rings. The van der Waals surface area contributed by atoms with Crippen LogP contribution in [0.5, 0.6) is 0 Å². The molecule has 0 unspecified atom stereocenters. The van der Waals surface area contributed by atoms with Gasteiger partial charge in [0.25, 0.3) is 0 Å². The summed E-state index contributed by atoms with van der Waals surface area (Å²) in [6.45, 7) is 7.05. The van der Waals surface area contributed by atoms with Gasteiger partial charge in [-0.1, -0.05) is 44.9 Å². The van der Waals surface area contributed by atoms with E-state index >= 15 is 0 Å². The van der Waals surface area contributed by atoms with E-state index in [-0.39, 0.29) is 0 Å². The summed E-state index contributed by atoms with van der Waals surface area (Å²) < 4.78 is 0. The largest absolute Gasteiger partial charge is 0.299 e. The van der Waals surface area contributed by atoms with E-state index in [4.69, 9.17) is 0 Å². The molecule has 0 aromatic carbocycles. The molecule has 1 nitrogen and oxygen atoms in total. The third kappa shape index (κ3) is 4.40. The van der Waals surface area contributed by atoms with Gasteiger partial charge >= 0.3 is 0 Å². The number of hydrogen-bond donors (Lipinski definition) is 0. The number of Topliss-reactive ketones (excluding diaryl/α,β-unsaturated/α-hetero) is 1. The van der Waals surface area contributed by atoms with Crippen molar-refractivity contribution in [3.63, 3.8) is 0 Å². The maximum absolute atomic E-state index is 11.9. The van der Waals surface area contributed by atoms with E-state index < -0.39 is 8.07 Å². The second-order valence-corrected chi connectivity index (χ2v) is 11.5. The van der Waals surface area contributed by atoms with Crippen molar-refractivity contribution in [1.82, 2.24) is 0 Å². The third-order valence-electron chi connectivity index (χ3n) is 3.18. The van der Waals surface area contributed by atoms with Gasteiger partial charge in [0.2, 0.25) is 0 Å². The average Bonchev–Trinajstić information content (AvgIpc) is 2.14. The van der Waals surface area contributed by atoms with Crippen LogP contribution in [0.15, 0.2) is 0 Å². The molecular formula is C12H24OSi. The molecule has 0 aromatic rings. The summed E-state index contributed by atoms with van der Waals surface area (Å²) >= 11 is 0. The topological polar surface area (TPSA) is 17.1 Å². The van der Waals surface area contributed by atoms with Crippen LogP contribution in [0, 0.1) is 5.92 Å². The number of carbonyl (C=O) groups excluding carboxylic acids is 1. The van der Waals surface area contributed by atoms with E-state index in [0.29, 0.717) is 11.7 Å². The van der Waals surface area contributed by atoms with Crippen LogP contribution in [-0.2, 0) is 4.79 Å². The summed E-state index contributed by atoms with van der Waals surface area (Å²) in [5, 5.41) is 0. The smallest absolute Gasteiger partial charge is 0.135 e. The van der Waals surface area contributed by atoms with Crippen LogP contribution in [0.3, 0.4) is 0 Å². The first-order chi connectivity index (χ1) is 6.49. The van der Waals surface area contributed by atoms with Crippen molar-refractivity contribution >= 4 is 13.9 Å². The van der Waals surface area contributed by atoms with Gasteiger partial charge in [0.05, 0.1) is 0 Å². The second-order valence-electron chi connectivity index (χ2n) is 5.86. The van der Waals surface area contributed by atoms with Crippen LogP contribution < -0.4 is 0 Å². The Kier molecular flexibility index (Phi) is 4.36. The van der Waals surface area contributed by atoms with Crippen molar-refractivity contribution in [2.45, 2.75) is 64.2 Å². The molecule has 0 N–H and O–H groups in total. The summed E-state index contributed by atoms with van der Waals surface area (Å²) in [5.41, 5.74) is 0. The first-order valence-electron chi connectivity index (χ1n) is 6.02. The molecule has 1 rings (SSSR count). The van der Waals surface area contributed by atoms with E-state index in [2.05, 4.69) is 19.6 Å². The molecular weight excluding hydrogens is 188 g/mol. The molecule has 2 heteroatoms. The van der Waals surface area contributed by atoms with E-state index in [1.807, 2.05) is 0 Å². The van der Waals surface area contributed by atoms with Crippen LogP contribution in [0.25, 0.3) is 0 Å². The Balaban J connectivity index is 2.27. The van der Waals surface area contributed by atoms with Crippen LogP contribution in [0.2, 0.25) is 25.7 Å². The predicted octanol–water partition coefficient (Wildman–Crippen LogP) is 3.86. The molecule has 0 bridgehead atoms. The summed E-state index contributed by atoms with van der Waals surface area (Å²) in [6.07, 6.45) is 7.11. The van der Waals surface area contributed by atoms with Crippen molar-refractivity contribution in [3.05, 3.63) is 0 Å². The lowest BCUT2D eigenvalue weighted by atomic mass is 9.85.